The zero-order chi connectivity index (χ0) is 18.9. The van der Waals surface area contributed by atoms with Crippen molar-refractivity contribution >= 4 is 35.8 Å². The van der Waals surface area contributed by atoms with Gasteiger partial charge in [-0.3, -0.25) is 4.79 Å². The first kappa shape index (κ1) is 22.8. The molecular weight excluding hydrogens is 467 g/mol. The van der Waals surface area contributed by atoms with Gasteiger partial charge in [-0.15, -0.1) is 24.0 Å². The van der Waals surface area contributed by atoms with Crippen LogP contribution in [0.2, 0.25) is 0 Å². The second-order valence-electron chi connectivity index (χ2n) is 7.35. The van der Waals surface area contributed by atoms with Crippen LogP contribution in [0.3, 0.4) is 0 Å². The Balaban J connectivity index is 0.00000280. The van der Waals surface area contributed by atoms with E-state index in [0.717, 1.165) is 37.5 Å². The maximum Gasteiger partial charge on any atom is 0.221 e. The van der Waals surface area contributed by atoms with Gasteiger partial charge in [0.1, 0.15) is 11.9 Å². The highest BCUT2D eigenvalue weighted by atomic mass is 127. The topological polar surface area (TPSA) is 74.8 Å². The second kappa shape index (κ2) is 12.1. The molecule has 2 aliphatic rings. The molecule has 1 amide bonds. The third-order valence-corrected chi connectivity index (χ3v) is 5.13. The minimum atomic E-state index is 0. The molecule has 156 valence electrons. The van der Waals surface area contributed by atoms with Crippen molar-refractivity contribution < 1.29 is 9.53 Å². The van der Waals surface area contributed by atoms with Gasteiger partial charge in [-0.25, -0.2) is 4.99 Å². The first-order chi connectivity index (χ1) is 13.2. The fourth-order valence-corrected chi connectivity index (χ4v) is 3.73. The number of amides is 1. The predicted molar refractivity (Wildman–Crippen MR) is 124 cm³/mol. The molecule has 0 spiro atoms. The van der Waals surface area contributed by atoms with Crippen molar-refractivity contribution in [1.82, 2.24) is 16.0 Å². The zero-order valence-electron chi connectivity index (χ0n) is 16.7. The van der Waals surface area contributed by atoms with Gasteiger partial charge in [0.05, 0.1) is 6.54 Å². The Labute approximate surface area is 185 Å². The van der Waals surface area contributed by atoms with Gasteiger partial charge in [0, 0.05) is 32.0 Å². The van der Waals surface area contributed by atoms with Crippen LogP contribution in [0.1, 0.15) is 51.0 Å². The molecule has 3 N–H and O–H groups in total. The Bertz CT molecular complexity index is 622. The molecule has 6 nitrogen and oxygen atoms in total. The van der Waals surface area contributed by atoms with Crippen LogP contribution in [0.15, 0.2) is 29.3 Å². The van der Waals surface area contributed by atoms with E-state index in [0.29, 0.717) is 25.6 Å². The van der Waals surface area contributed by atoms with Crippen molar-refractivity contribution in [3.63, 3.8) is 0 Å². The van der Waals surface area contributed by atoms with Gasteiger partial charge in [0.15, 0.2) is 5.96 Å². The van der Waals surface area contributed by atoms with Crippen molar-refractivity contribution in [3.05, 3.63) is 29.8 Å². The average molecular weight is 500 g/mol. The highest BCUT2D eigenvalue weighted by Gasteiger charge is 2.22. The molecule has 0 saturated heterocycles. The standard InChI is InChI=1S/C21H32N4O2.HI/c1-2-22-21(23-13-12-20(26)25-17-9-4-3-5-10-17)24-15-18-14-16-8-6-7-11-19(16)27-18;/h6-8,11,17-18H,2-5,9-10,12-15H2,1H3,(H,25,26)(H2,22,23,24);1H. The second-order valence-corrected chi connectivity index (χ2v) is 7.35. The summed E-state index contributed by atoms with van der Waals surface area (Å²) in [7, 11) is 0. The summed E-state index contributed by atoms with van der Waals surface area (Å²) in [5.41, 5.74) is 1.25. The molecule has 1 aromatic carbocycles. The van der Waals surface area contributed by atoms with Crippen LogP contribution in [-0.2, 0) is 11.2 Å². The van der Waals surface area contributed by atoms with Crippen molar-refractivity contribution in [2.75, 3.05) is 19.6 Å². The molecule has 1 unspecified atom stereocenters. The smallest absolute Gasteiger partial charge is 0.221 e. The first-order valence-electron chi connectivity index (χ1n) is 10.3. The summed E-state index contributed by atoms with van der Waals surface area (Å²) in [5, 5.41) is 9.64. The number of aliphatic imine (C=N–C) groups is 1. The Kier molecular flexibility index (Phi) is 9.87. The lowest BCUT2D eigenvalue weighted by atomic mass is 9.95. The molecule has 1 heterocycles. The van der Waals surface area contributed by atoms with Crippen molar-refractivity contribution in [2.24, 2.45) is 4.99 Å². The number of carbonyl (C=O) groups excluding carboxylic acids is 1. The lowest BCUT2D eigenvalue weighted by Gasteiger charge is -2.22. The fraction of sp³-hybridized carbons (Fsp3) is 0.619. The SMILES string of the molecule is CCNC(=NCC1Cc2ccccc2O1)NCCC(=O)NC1CCCCC1.I. The third-order valence-electron chi connectivity index (χ3n) is 5.13. The number of hydrogen-bond acceptors (Lipinski definition) is 3. The van der Waals surface area contributed by atoms with E-state index in [2.05, 4.69) is 27.0 Å². The molecule has 28 heavy (non-hydrogen) atoms. The molecule has 1 aliphatic carbocycles. The number of guanidine groups is 1. The Morgan fingerprint density at radius 2 is 1.96 bits per heavy atom. The summed E-state index contributed by atoms with van der Waals surface area (Å²) in [6, 6.07) is 8.52. The van der Waals surface area contributed by atoms with Crippen LogP contribution >= 0.6 is 24.0 Å². The number of ether oxygens (including phenoxy) is 1. The Morgan fingerprint density at radius 3 is 2.71 bits per heavy atom. The van der Waals surface area contributed by atoms with E-state index in [9.17, 15) is 4.79 Å². The van der Waals surface area contributed by atoms with E-state index in [4.69, 9.17) is 4.74 Å². The molecular formula is C21H33IN4O2. The van der Waals surface area contributed by atoms with E-state index < -0.39 is 0 Å². The number of nitrogens with one attached hydrogen (secondary N) is 3. The molecule has 0 bridgehead atoms. The van der Waals surface area contributed by atoms with Crippen LogP contribution in [0, 0.1) is 0 Å². The quantitative estimate of drug-likeness (QED) is 0.306. The number of hydrogen-bond donors (Lipinski definition) is 3. The lowest BCUT2D eigenvalue weighted by molar-refractivity contribution is -0.121. The van der Waals surface area contributed by atoms with Gasteiger partial charge in [0.2, 0.25) is 5.91 Å². The number of nitrogens with zero attached hydrogens (tertiary/aromatic N) is 1. The summed E-state index contributed by atoms with van der Waals surface area (Å²) in [6.07, 6.45) is 7.43. The van der Waals surface area contributed by atoms with Gasteiger partial charge in [0.25, 0.3) is 0 Å². The molecule has 1 aliphatic heterocycles. The van der Waals surface area contributed by atoms with Crippen LogP contribution in [0.25, 0.3) is 0 Å². The number of fused-ring (bicyclic) bond motifs is 1. The number of rotatable bonds is 7. The minimum Gasteiger partial charge on any atom is -0.488 e. The van der Waals surface area contributed by atoms with E-state index >= 15 is 0 Å². The third kappa shape index (κ3) is 7.14. The van der Waals surface area contributed by atoms with Gasteiger partial charge in [-0.2, -0.15) is 0 Å². The molecule has 0 aromatic heterocycles. The van der Waals surface area contributed by atoms with Crippen LogP contribution in [-0.4, -0.2) is 43.6 Å². The Morgan fingerprint density at radius 1 is 1.18 bits per heavy atom. The fourth-order valence-electron chi connectivity index (χ4n) is 3.73. The number of carbonyl (C=O) groups is 1. The molecule has 3 rings (SSSR count). The molecule has 1 atom stereocenters. The highest BCUT2D eigenvalue weighted by molar-refractivity contribution is 14.0. The summed E-state index contributed by atoms with van der Waals surface area (Å²) in [4.78, 5) is 16.7. The van der Waals surface area contributed by atoms with Crippen LogP contribution in [0.4, 0.5) is 0 Å². The van der Waals surface area contributed by atoms with Crippen molar-refractivity contribution in [1.29, 1.82) is 0 Å². The number of benzene rings is 1. The maximum atomic E-state index is 12.1. The largest absolute Gasteiger partial charge is 0.488 e. The van der Waals surface area contributed by atoms with E-state index in [-0.39, 0.29) is 36.0 Å². The predicted octanol–water partition coefficient (Wildman–Crippen LogP) is 3.00. The molecule has 1 saturated carbocycles. The maximum absolute atomic E-state index is 12.1. The lowest BCUT2D eigenvalue weighted by Crippen LogP contribution is -2.41. The van der Waals surface area contributed by atoms with Gasteiger partial charge >= 0.3 is 0 Å². The zero-order valence-corrected chi connectivity index (χ0v) is 19.0. The van der Waals surface area contributed by atoms with Gasteiger partial charge in [-0.05, 0) is 31.4 Å². The highest BCUT2D eigenvalue weighted by Crippen LogP contribution is 2.28. The van der Waals surface area contributed by atoms with E-state index in [1.807, 2.05) is 25.1 Å². The minimum absolute atomic E-state index is 0. The summed E-state index contributed by atoms with van der Waals surface area (Å²) >= 11 is 0. The van der Waals surface area contributed by atoms with E-state index in [1.54, 1.807) is 0 Å². The van der Waals surface area contributed by atoms with Crippen molar-refractivity contribution in [2.45, 2.75) is 64.0 Å². The summed E-state index contributed by atoms with van der Waals surface area (Å²) < 4.78 is 5.94. The first-order valence-corrected chi connectivity index (χ1v) is 10.3. The van der Waals surface area contributed by atoms with E-state index in [1.165, 1.54) is 24.8 Å². The molecule has 1 aromatic rings. The van der Waals surface area contributed by atoms with Gasteiger partial charge < -0.3 is 20.7 Å². The normalized spacial score (nSPS) is 19.2. The number of para-hydroxylation sites is 1. The number of halogens is 1. The molecule has 0 radical (unpaired) electrons. The Hall–Kier alpha value is -1.51. The van der Waals surface area contributed by atoms with Crippen LogP contribution in [0.5, 0.6) is 5.75 Å². The monoisotopic (exact) mass is 500 g/mol. The van der Waals surface area contributed by atoms with Crippen molar-refractivity contribution in [3.8, 4) is 5.75 Å². The molecule has 7 heteroatoms. The van der Waals surface area contributed by atoms with Gasteiger partial charge in [-0.1, -0.05) is 37.5 Å². The summed E-state index contributed by atoms with van der Waals surface area (Å²) in [6.45, 7) is 4.00. The average Bonchev–Trinajstić information content (AvgIpc) is 3.10. The summed E-state index contributed by atoms with van der Waals surface area (Å²) in [5.74, 6) is 1.83. The molecule has 1 fully saturated rings. The van der Waals surface area contributed by atoms with Crippen LogP contribution < -0.4 is 20.7 Å².